The Labute approximate surface area is 113 Å². The number of thiazole rings is 1. The van der Waals surface area contributed by atoms with Gasteiger partial charge in [-0.25, -0.2) is 8.42 Å². The van der Waals surface area contributed by atoms with Crippen molar-refractivity contribution >= 4 is 27.3 Å². The van der Waals surface area contributed by atoms with Crippen LogP contribution in [0.1, 0.15) is 18.5 Å². The fourth-order valence-electron chi connectivity index (χ4n) is 2.12. The minimum atomic E-state index is -3.78. The van der Waals surface area contributed by atoms with Crippen LogP contribution in [-0.2, 0) is 14.8 Å². The second kappa shape index (κ2) is 5.06. The third kappa shape index (κ3) is 2.72. The van der Waals surface area contributed by atoms with E-state index in [1.54, 1.807) is 0 Å². The lowest BCUT2D eigenvalue weighted by Crippen LogP contribution is -2.42. The van der Waals surface area contributed by atoms with E-state index < -0.39 is 26.8 Å². The first-order valence-electron chi connectivity index (χ1n) is 5.75. The van der Waals surface area contributed by atoms with E-state index in [4.69, 9.17) is 5.11 Å². The van der Waals surface area contributed by atoms with Gasteiger partial charge in [0.1, 0.15) is 0 Å². The summed E-state index contributed by atoms with van der Waals surface area (Å²) in [4.78, 5) is 24.2. The Hall–Kier alpha value is -1.19. The van der Waals surface area contributed by atoms with Crippen LogP contribution in [0.15, 0.2) is 9.00 Å². The maximum absolute atomic E-state index is 12.4. The van der Waals surface area contributed by atoms with Gasteiger partial charge in [0.2, 0.25) is 0 Å². The molecule has 1 aromatic rings. The van der Waals surface area contributed by atoms with Crippen LogP contribution in [0.3, 0.4) is 0 Å². The van der Waals surface area contributed by atoms with Crippen LogP contribution in [0, 0.1) is 12.8 Å². The molecule has 1 aliphatic heterocycles. The molecule has 0 aliphatic carbocycles. The van der Waals surface area contributed by atoms with E-state index in [1.165, 1.54) is 6.92 Å². The van der Waals surface area contributed by atoms with Gasteiger partial charge in [-0.2, -0.15) is 4.31 Å². The Morgan fingerprint density at radius 3 is 2.74 bits per heavy atom. The lowest BCUT2D eigenvalue weighted by atomic mass is 10.0. The van der Waals surface area contributed by atoms with Crippen LogP contribution < -0.4 is 4.87 Å². The molecule has 1 fully saturated rings. The lowest BCUT2D eigenvalue weighted by Gasteiger charge is -2.29. The molecule has 1 atom stereocenters. The average Bonchev–Trinajstić information content (AvgIpc) is 2.69. The first-order valence-corrected chi connectivity index (χ1v) is 8.00. The zero-order valence-electron chi connectivity index (χ0n) is 10.2. The zero-order valence-corrected chi connectivity index (χ0v) is 11.9. The molecule has 0 unspecified atom stereocenters. The normalized spacial score (nSPS) is 21.4. The van der Waals surface area contributed by atoms with Crippen LogP contribution in [0.5, 0.6) is 0 Å². The summed E-state index contributed by atoms with van der Waals surface area (Å²) in [7, 11) is -3.78. The number of aromatic amines is 1. The average molecular weight is 306 g/mol. The molecule has 0 aromatic carbocycles. The van der Waals surface area contributed by atoms with E-state index in [0.717, 1.165) is 4.31 Å². The van der Waals surface area contributed by atoms with Gasteiger partial charge >= 0.3 is 10.8 Å². The number of carboxylic acids is 1. The summed E-state index contributed by atoms with van der Waals surface area (Å²) in [5, 5.41) is 8.98. The van der Waals surface area contributed by atoms with Gasteiger partial charge in [0.05, 0.1) is 5.92 Å². The number of aliphatic carboxylic acids is 1. The number of sulfonamides is 1. The van der Waals surface area contributed by atoms with Crippen molar-refractivity contribution in [3.8, 4) is 0 Å². The number of H-pyrrole nitrogens is 1. The maximum atomic E-state index is 12.4. The fourth-order valence-corrected chi connectivity index (χ4v) is 5.08. The van der Waals surface area contributed by atoms with E-state index in [0.29, 0.717) is 29.9 Å². The quantitative estimate of drug-likeness (QED) is 0.831. The van der Waals surface area contributed by atoms with Gasteiger partial charge in [-0.1, -0.05) is 11.3 Å². The van der Waals surface area contributed by atoms with Gasteiger partial charge in [-0.05, 0) is 19.8 Å². The summed E-state index contributed by atoms with van der Waals surface area (Å²) in [5.41, 5.74) is 0.299. The molecule has 7 nitrogen and oxygen atoms in total. The standard InChI is InChI=1S/C10H14N2O5S2/c1-6-9(18-10(15)11-6)19(16,17)12-4-2-3-7(5-12)8(13)14/h7H,2-5H2,1H3,(H,11,15)(H,13,14)/t7-/m1/s1. The number of carbonyl (C=O) groups is 1. The maximum Gasteiger partial charge on any atom is 0.307 e. The largest absolute Gasteiger partial charge is 0.481 e. The van der Waals surface area contributed by atoms with Gasteiger partial charge in [0, 0.05) is 18.8 Å². The van der Waals surface area contributed by atoms with Crippen LogP contribution >= 0.6 is 11.3 Å². The van der Waals surface area contributed by atoms with Crippen molar-refractivity contribution in [1.29, 1.82) is 0 Å². The minimum Gasteiger partial charge on any atom is -0.481 e. The summed E-state index contributed by atoms with van der Waals surface area (Å²) < 4.78 is 25.9. The molecule has 1 aromatic heterocycles. The summed E-state index contributed by atoms with van der Waals surface area (Å²) >= 11 is 0.636. The van der Waals surface area contributed by atoms with Crippen molar-refractivity contribution in [2.45, 2.75) is 24.0 Å². The molecule has 1 saturated heterocycles. The predicted octanol–water partition coefficient (Wildman–Crippen LogP) is 0.230. The van der Waals surface area contributed by atoms with Gasteiger partial charge in [-0.15, -0.1) is 0 Å². The highest BCUT2D eigenvalue weighted by atomic mass is 32.2. The first kappa shape index (κ1) is 14.2. The lowest BCUT2D eigenvalue weighted by molar-refractivity contribution is -0.142. The van der Waals surface area contributed by atoms with E-state index in [9.17, 15) is 18.0 Å². The molecule has 1 aliphatic rings. The molecule has 0 spiro atoms. The molecule has 9 heteroatoms. The van der Waals surface area contributed by atoms with Crippen molar-refractivity contribution in [1.82, 2.24) is 9.29 Å². The highest BCUT2D eigenvalue weighted by Crippen LogP contribution is 2.26. The number of piperidine rings is 1. The SMILES string of the molecule is Cc1[nH]c(=O)sc1S(=O)(=O)N1CCC[C@@H](C(=O)O)C1. The number of carboxylic acid groups (broad SMARTS) is 1. The van der Waals surface area contributed by atoms with Gasteiger partial charge in [0.25, 0.3) is 10.0 Å². The van der Waals surface area contributed by atoms with Gasteiger partial charge in [-0.3, -0.25) is 9.59 Å². The molecule has 0 amide bonds. The van der Waals surface area contributed by atoms with Crippen molar-refractivity contribution < 1.29 is 18.3 Å². The molecule has 106 valence electrons. The van der Waals surface area contributed by atoms with E-state index in [1.807, 2.05) is 0 Å². The van der Waals surface area contributed by atoms with Crippen LogP contribution in [0.2, 0.25) is 0 Å². The third-order valence-corrected chi connectivity index (χ3v) is 6.54. The Morgan fingerprint density at radius 2 is 2.21 bits per heavy atom. The zero-order chi connectivity index (χ0) is 14.2. The number of hydrogen-bond acceptors (Lipinski definition) is 5. The Kier molecular flexibility index (Phi) is 3.79. The van der Waals surface area contributed by atoms with Crippen LogP contribution in [0.4, 0.5) is 0 Å². The molecule has 0 bridgehead atoms. The van der Waals surface area contributed by atoms with Crippen molar-refractivity contribution in [3.05, 3.63) is 15.4 Å². The molecular weight excluding hydrogens is 292 g/mol. The summed E-state index contributed by atoms with van der Waals surface area (Å²) in [6, 6.07) is 0. The Morgan fingerprint density at radius 1 is 1.53 bits per heavy atom. The van der Waals surface area contributed by atoms with Gasteiger partial charge in [0.15, 0.2) is 4.21 Å². The van der Waals surface area contributed by atoms with Gasteiger partial charge < -0.3 is 10.1 Å². The van der Waals surface area contributed by atoms with Crippen molar-refractivity contribution in [3.63, 3.8) is 0 Å². The third-order valence-electron chi connectivity index (χ3n) is 3.09. The monoisotopic (exact) mass is 306 g/mol. The molecule has 2 heterocycles. The van der Waals surface area contributed by atoms with E-state index in [-0.39, 0.29) is 17.3 Å². The number of aromatic nitrogens is 1. The van der Waals surface area contributed by atoms with Crippen LogP contribution in [-0.4, -0.2) is 41.9 Å². The van der Waals surface area contributed by atoms with E-state index >= 15 is 0 Å². The second-order valence-electron chi connectivity index (χ2n) is 4.47. The smallest absolute Gasteiger partial charge is 0.307 e. The molecule has 0 radical (unpaired) electrons. The van der Waals surface area contributed by atoms with Crippen molar-refractivity contribution in [2.75, 3.05) is 13.1 Å². The number of aryl methyl sites for hydroxylation is 1. The number of rotatable bonds is 3. The topological polar surface area (TPSA) is 108 Å². The molecule has 2 rings (SSSR count). The minimum absolute atomic E-state index is 0.0245. The van der Waals surface area contributed by atoms with E-state index in [2.05, 4.69) is 4.98 Å². The highest BCUT2D eigenvalue weighted by Gasteiger charge is 2.35. The predicted molar refractivity (Wildman–Crippen MR) is 68.8 cm³/mol. The number of hydrogen-bond donors (Lipinski definition) is 2. The fraction of sp³-hybridized carbons (Fsp3) is 0.600. The molecule has 2 N–H and O–H groups in total. The first-order chi connectivity index (χ1) is 8.82. The Balaban J connectivity index is 2.32. The highest BCUT2D eigenvalue weighted by molar-refractivity contribution is 7.91. The van der Waals surface area contributed by atoms with Crippen molar-refractivity contribution in [2.24, 2.45) is 5.92 Å². The summed E-state index contributed by atoms with van der Waals surface area (Å²) in [6.07, 6.45) is 0.984. The second-order valence-corrected chi connectivity index (χ2v) is 7.58. The number of nitrogens with zero attached hydrogens (tertiary/aromatic N) is 1. The van der Waals surface area contributed by atoms with Crippen LogP contribution in [0.25, 0.3) is 0 Å². The summed E-state index contributed by atoms with van der Waals surface area (Å²) in [5.74, 6) is -1.67. The molecule has 0 saturated carbocycles. The summed E-state index contributed by atoms with van der Waals surface area (Å²) in [6.45, 7) is 1.77. The number of nitrogens with one attached hydrogen (secondary N) is 1. The Bertz CT molecular complexity index is 645. The molecule has 19 heavy (non-hydrogen) atoms. The molecular formula is C10H14N2O5S2.